The number of para-hydroxylation sites is 1. The molecule has 0 saturated carbocycles. The molecule has 28 heavy (non-hydrogen) atoms. The molecular weight excluding hydrogens is 382 g/mol. The van der Waals surface area contributed by atoms with Gasteiger partial charge in [-0.25, -0.2) is 0 Å². The van der Waals surface area contributed by atoms with Crippen molar-refractivity contribution in [2.75, 3.05) is 11.4 Å². The predicted molar refractivity (Wildman–Crippen MR) is 107 cm³/mol. The van der Waals surface area contributed by atoms with Crippen LogP contribution in [0.1, 0.15) is 12.0 Å². The Balaban J connectivity index is 1.86. The van der Waals surface area contributed by atoms with Crippen LogP contribution in [-0.4, -0.2) is 33.6 Å². The summed E-state index contributed by atoms with van der Waals surface area (Å²) in [5.74, 6) is -1.43. The molecule has 0 spiro atoms. The third-order valence-corrected chi connectivity index (χ3v) is 4.84. The van der Waals surface area contributed by atoms with Crippen LogP contribution in [0, 0.1) is 10.1 Å². The number of nitrogens with zero attached hydrogens (tertiary/aromatic N) is 3. The normalized spacial score (nSPS) is 14.8. The van der Waals surface area contributed by atoms with Crippen molar-refractivity contribution in [1.29, 1.82) is 0 Å². The summed E-state index contributed by atoms with van der Waals surface area (Å²) in [4.78, 5) is 39.8. The Morgan fingerprint density at radius 1 is 1.21 bits per heavy atom. The van der Waals surface area contributed by atoms with Crippen molar-refractivity contribution < 1.29 is 19.6 Å². The number of non-ortho nitro benzene ring substituents is 1. The highest BCUT2D eigenvalue weighted by molar-refractivity contribution is 8.18. The first kappa shape index (κ1) is 19.3. The average molecular weight is 397 g/mol. The van der Waals surface area contributed by atoms with Crippen LogP contribution < -0.4 is 4.90 Å². The molecule has 9 heteroatoms. The summed E-state index contributed by atoms with van der Waals surface area (Å²) < 4.78 is 0. The maximum absolute atomic E-state index is 12.3. The Morgan fingerprint density at radius 3 is 2.64 bits per heavy atom. The maximum atomic E-state index is 12.3. The number of carbonyl (C=O) groups excluding carboxylic acids is 1. The number of carboxylic acids is 1. The van der Waals surface area contributed by atoms with Gasteiger partial charge in [0, 0.05) is 24.4 Å². The lowest BCUT2D eigenvalue weighted by Gasteiger charge is -2.22. The fraction of sp³-hybridized carbons (Fsp3) is 0.105. The minimum atomic E-state index is -0.955. The van der Waals surface area contributed by atoms with Crippen molar-refractivity contribution in [3.05, 3.63) is 75.2 Å². The molecule has 0 aliphatic carbocycles. The van der Waals surface area contributed by atoms with E-state index < -0.39 is 16.8 Å². The number of thioether (sulfide) groups is 1. The molecule has 142 valence electrons. The Bertz CT molecular complexity index is 988. The Kier molecular flexibility index (Phi) is 5.85. The van der Waals surface area contributed by atoms with E-state index >= 15 is 0 Å². The zero-order chi connectivity index (χ0) is 20.1. The number of carbonyl (C=O) groups is 2. The van der Waals surface area contributed by atoms with Gasteiger partial charge in [-0.05, 0) is 35.5 Å². The van der Waals surface area contributed by atoms with Gasteiger partial charge in [-0.3, -0.25) is 19.7 Å². The zero-order valence-electron chi connectivity index (χ0n) is 14.5. The van der Waals surface area contributed by atoms with Crippen molar-refractivity contribution >= 4 is 46.3 Å². The fourth-order valence-corrected chi connectivity index (χ4v) is 3.50. The van der Waals surface area contributed by atoms with Gasteiger partial charge in [-0.1, -0.05) is 30.3 Å². The van der Waals surface area contributed by atoms with Crippen LogP contribution in [0.3, 0.4) is 0 Å². The molecule has 0 fully saturated rings. The number of amidine groups is 1. The van der Waals surface area contributed by atoms with Crippen LogP contribution in [0.15, 0.2) is 64.5 Å². The summed E-state index contributed by atoms with van der Waals surface area (Å²) in [5.41, 5.74) is 1.16. The highest BCUT2D eigenvalue weighted by atomic mass is 32.2. The number of hydrogen-bond donors (Lipinski definition) is 1. The molecule has 0 unspecified atom stereocenters. The van der Waals surface area contributed by atoms with Crippen molar-refractivity contribution in [1.82, 2.24) is 0 Å². The monoisotopic (exact) mass is 397 g/mol. The number of nitro benzene ring substituents is 1. The van der Waals surface area contributed by atoms with Crippen LogP contribution in [0.25, 0.3) is 6.08 Å². The number of anilines is 1. The second-order valence-corrected chi connectivity index (χ2v) is 6.80. The van der Waals surface area contributed by atoms with Crippen LogP contribution in [0.4, 0.5) is 11.4 Å². The standard InChI is InChI=1S/C19H15N3O5S/c23-17(24)9-10-21(14-6-2-1-3-7-14)19-20-18(25)16(28-19)12-13-5-4-8-15(11-13)22(26)27/h1-8,11-12H,9-10H2,(H,23,24)/b16-12+. The minimum Gasteiger partial charge on any atom is -0.481 e. The van der Waals surface area contributed by atoms with Crippen LogP contribution in [0.2, 0.25) is 0 Å². The number of carboxylic acid groups (broad SMARTS) is 1. The number of hydrogen-bond acceptors (Lipinski definition) is 6. The largest absolute Gasteiger partial charge is 0.481 e. The van der Waals surface area contributed by atoms with Crippen molar-refractivity contribution in [3.8, 4) is 0 Å². The van der Waals surface area contributed by atoms with Crippen molar-refractivity contribution in [2.45, 2.75) is 6.42 Å². The topological polar surface area (TPSA) is 113 Å². The third-order valence-electron chi connectivity index (χ3n) is 3.84. The highest BCUT2D eigenvalue weighted by Gasteiger charge is 2.27. The summed E-state index contributed by atoms with van der Waals surface area (Å²) in [7, 11) is 0. The van der Waals surface area contributed by atoms with Gasteiger partial charge in [0.2, 0.25) is 0 Å². The summed E-state index contributed by atoms with van der Waals surface area (Å²) in [5, 5.41) is 20.3. The van der Waals surface area contributed by atoms with Gasteiger partial charge < -0.3 is 10.0 Å². The molecule has 2 aromatic rings. The molecule has 0 aromatic heterocycles. The van der Waals surface area contributed by atoms with E-state index in [-0.39, 0.29) is 18.7 Å². The zero-order valence-corrected chi connectivity index (χ0v) is 15.3. The molecule has 8 nitrogen and oxygen atoms in total. The maximum Gasteiger partial charge on any atom is 0.305 e. The molecule has 0 bridgehead atoms. The number of aliphatic imine (C=N–C) groups is 1. The lowest BCUT2D eigenvalue weighted by Crippen LogP contribution is -2.30. The van der Waals surface area contributed by atoms with E-state index in [2.05, 4.69) is 4.99 Å². The highest BCUT2D eigenvalue weighted by Crippen LogP contribution is 2.33. The van der Waals surface area contributed by atoms with Crippen molar-refractivity contribution in [3.63, 3.8) is 0 Å². The number of aliphatic carboxylic acids is 1. The van der Waals surface area contributed by atoms with E-state index in [4.69, 9.17) is 5.11 Å². The molecule has 0 saturated heterocycles. The third kappa shape index (κ3) is 4.63. The van der Waals surface area contributed by atoms with E-state index in [0.29, 0.717) is 15.6 Å². The van der Waals surface area contributed by atoms with E-state index in [1.54, 1.807) is 29.2 Å². The van der Waals surface area contributed by atoms with Crippen molar-refractivity contribution in [2.24, 2.45) is 4.99 Å². The van der Waals surface area contributed by atoms with E-state index in [1.807, 2.05) is 18.2 Å². The summed E-state index contributed by atoms with van der Waals surface area (Å²) >= 11 is 1.11. The smallest absolute Gasteiger partial charge is 0.305 e. The number of nitro groups is 1. The van der Waals surface area contributed by atoms with Gasteiger partial charge in [0.25, 0.3) is 11.6 Å². The van der Waals surface area contributed by atoms with Crippen LogP contribution >= 0.6 is 11.8 Å². The fourth-order valence-electron chi connectivity index (χ4n) is 2.54. The molecule has 2 aromatic carbocycles. The summed E-state index contributed by atoms with van der Waals surface area (Å²) in [6.07, 6.45) is 1.42. The summed E-state index contributed by atoms with van der Waals surface area (Å²) in [6.45, 7) is 0.155. The van der Waals surface area contributed by atoms with E-state index in [9.17, 15) is 19.7 Å². The minimum absolute atomic E-state index is 0.0710. The Hall–Kier alpha value is -3.46. The molecule has 1 aliphatic rings. The first-order valence-electron chi connectivity index (χ1n) is 8.25. The molecule has 0 radical (unpaired) electrons. The quantitative estimate of drug-likeness (QED) is 0.450. The van der Waals surface area contributed by atoms with Crippen LogP contribution in [-0.2, 0) is 9.59 Å². The molecule has 1 heterocycles. The van der Waals surface area contributed by atoms with Gasteiger partial charge in [-0.15, -0.1) is 0 Å². The van der Waals surface area contributed by atoms with Gasteiger partial charge in [-0.2, -0.15) is 4.99 Å². The Morgan fingerprint density at radius 2 is 1.96 bits per heavy atom. The molecule has 1 aliphatic heterocycles. The molecule has 1 amide bonds. The predicted octanol–water partition coefficient (Wildman–Crippen LogP) is 3.55. The van der Waals surface area contributed by atoms with Crippen LogP contribution in [0.5, 0.6) is 0 Å². The van der Waals surface area contributed by atoms with E-state index in [0.717, 1.165) is 17.4 Å². The lowest BCUT2D eigenvalue weighted by molar-refractivity contribution is -0.384. The number of amides is 1. The first-order valence-corrected chi connectivity index (χ1v) is 9.07. The second-order valence-electron chi connectivity index (χ2n) is 5.79. The number of rotatable bonds is 6. The number of benzene rings is 2. The molecule has 1 N–H and O–H groups in total. The second kappa shape index (κ2) is 8.49. The van der Waals surface area contributed by atoms with Gasteiger partial charge in [0.1, 0.15) is 0 Å². The van der Waals surface area contributed by atoms with Gasteiger partial charge in [0.15, 0.2) is 5.17 Å². The van der Waals surface area contributed by atoms with Gasteiger partial charge in [0.05, 0.1) is 16.2 Å². The molecule has 3 rings (SSSR count). The average Bonchev–Trinajstić information content (AvgIpc) is 3.03. The molecule has 0 atom stereocenters. The Labute approximate surface area is 164 Å². The lowest BCUT2D eigenvalue weighted by atomic mass is 10.2. The summed E-state index contributed by atoms with van der Waals surface area (Å²) in [6, 6.07) is 15.0. The molecular formula is C19H15N3O5S. The SMILES string of the molecule is O=C(O)CCN(C1=NC(=O)/C(=C\c2cccc([N+](=O)[O-])c2)S1)c1ccccc1. The van der Waals surface area contributed by atoms with E-state index in [1.165, 1.54) is 18.2 Å². The first-order chi connectivity index (χ1) is 13.4. The van der Waals surface area contributed by atoms with Gasteiger partial charge >= 0.3 is 5.97 Å².